The Morgan fingerprint density at radius 3 is 2.59 bits per heavy atom. The van der Waals surface area contributed by atoms with Crippen LogP contribution in [0.1, 0.15) is 28.5 Å². The number of carbonyl (C=O) groups excluding carboxylic acids is 1. The molecule has 10 nitrogen and oxygen atoms in total. The maximum atomic E-state index is 13.3. The maximum absolute atomic E-state index is 13.3. The Morgan fingerprint density at radius 1 is 1.12 bits per heavy atom. The predicted molar refractivity (Wildman–Crippen MR) is 116 cm³/mol. The van der Waals surface area contributed by atoms with Gasteiger partial charge in [0.05, 0.1) is 19.1 Å². The van der Waals surface area contributed by atoms with Crippen LogP contribution in [0.4, 0.5) is 5.69 Å². The van der Waals surface area contributed by atoms with E-state index in [4.69, 9.17) is 9.47 Å². The second kappa shape index (κ2) is 7.40. The smallest absolute Gasteiger partial charge is 0.334 e. The highest BCUT2D eigenvalue weighted by atomic mass is 16.6. The number of pyridine rings is 1. The van der Waals surface area contributed by atoms with E-state index in [1.165, 1.54) is 10.6 Å². The number of nitrogens with zero attached hydrogens (tertiary/aromatic N) is 3. The standard InChI is InChI=1S/C22H22N4O6/c1-31-19-7-13-6-16(23-15(13)8-20(19)32-2)21(27)24-9-12-5-14(11-24)17-3-4-18(26(29)30)22(28)25(17)10-12/h3-4,6-8,12,14,23H,5,9-11H2,1-2H3/t12-,14+/m1/s1. The third kappa shape index (κ3) is 3.10. The van der Waals surface area contributed by atoms with Crippen LogP contribution in [0.5, 0.6) is 11.5 Å². The Balaban J connectivity index is 1.44. The summed E-state index contributed by atoms with van der Waals surface area (Å²) in [4.78, 5) is 41.3. The number of rotatable bonds is 4. The molecule has 2 atom stereocenters. The lowest BCUT2D eigenvalue weighted by Gasteiger charge is -2.42. The number of fused-ring (bicyclic) bond motifs is 5. The van der Waals surface area contributed by atoms with Crippen LogP contribution in [-0.4, -0.2) is 52.6 Å². The SMILES string of the molecule is COc1cc2cc(C(=O)N3C[C@H]4C[C@@H](C3)c3ccc([N+](=O)[O-])c(=O)n3C4)[nH]c2cc1OC. The van der Waals surface area contributed by atoms with Crippen LogP contribution in [0.25, 0.3) is 10.9 Å². The number of H-pyrrole nitrogens is 1. The van der Waals surface area contributed by atoms with Crippen molar-refractivity contribution in [2.75, 3.05) is 27.3 Å². The summed E-state index contributed by atoms with van der Waals surface area (Å²) in [5, 5.41) is 12.0. The molecule has 0 aliphatic carbocycles. The Kier molecular flexibility index (Phi) is 4.65. The number of carbonyl (C=O) groups is 1. The second-order valence-electron chi connectivity index (χ2n) is 8.30. The quantitative estimate of drug-likeness (QED) is 0.494. The van der Waals surface area contributed by atoms with Crippen LogP contribution < -0.4 is 15.0 Å². The minimum absolute atomic E-state index is 0.0375. The number of hydrogen-bond donors (Lipinski definition) is 1. The minimum Gasteiger partial charge on any atom is -0.493 e. The van der Waals surface area contributed by atoms with E-state index in [0.717, 1.165) is 23.0 Å². The molecule has 10 heteroatoms. The molecule has 1 aromatic carbocycles. The van der Waals surface area contributed by atoms with Crippen molar-refractivity contribution >= 4 is 22.5 Å². The molecule has 0 spiro atoms. The summed E-state index contributed by atoms with van der Waals surface area (Å²) in [6.07, 6.45) is 0.849. The Labute approximate surface area is 182 Å². The molecule has 1 amide bonds. The van der Waals surface area contributed by atoms with Gasteiger partial charge in [-0.25, -0.2) is 0 Å². The molecule has 2 aromatic heterocycles. The van der Waals surface area contributed by atoms with Crippen molar-refractivity contribution in [3.63, 3.8) is 0 Å². The molecule has 166 valence electrons. The number of ether oxygens (including phenoxy) is 2. The first-order valence-electron chi connectivity index (χ1n) is 10.3. The lowest BCUT2D eigenvalue weighted by atomic mass is 9.83. The summed E-state index contributed by atoms with van der Waals surface area (Å²) >= 11 is 0. The molecule has 2 aliphatic heterocycles. The van der Waals surface area contributed by atoms with Crippen LogP contribution in [0.3, 0.4) is 0 Å². The van der Waals surface area contributed by atoms with Crippen molar-refractivity contribution in [3.8, 4) is 11.5 Å². The molecular formula is C22H22N4O6. The van der Waals surface area contributed by atoms with Crippen molar-refractivity contribution in [1.82, 2.24) is 14.5 Å². The van der Waals surface area contributed by atoms with E-state index in [1.807, 2.05) is 6.07 Å². The molecule has 2 bridgehead atoms. The highest BCUT2D eigenvalue weighted by Crippen LogP contribution is 2.37. The number of nitrogens with one attached hydrogen (secondary N) is 1. The van der Waals surface area contributed by atoms with Gasteiger partial charge in [-0.1, -0.05) is 0 Å². The van der Waals surface area contributed by atoms with Gasteiger partial charge in [-0.3, -0.25) is 19.7 Å². The van der Waals surface area contributed by atoms with E-state index in [1.54, 1.807) is 37.3 Å². The van der Waals surface area contributed by atoms with Gasteiger partial charge in [0, 0.05) is 54.3 Å². The van der Waals surface area contributed by atoms with Gasteiger partial charge in [-0.15, -0.1) is 0 Å². The molecule has 1 fully saturated rings. The van der Waals surface area contributed by atoms with Crippen molar-refractivity contribution in [3.05, 3.63) is 62.2 Å². The van der Waals surface area contributed by atoms with E-state index in [0.29, 0.717) is 36.8 Å². The Morgan fingerprint density at radius 2 is 1.88 bits per heavy atom. The van der Waals surface area contributed by atoms with Crippen LogP contribution in [0.15, 0.2) is 35.1 Å². The molecule has 2 aliphatic rings. The van der Waals surface area contributed by atoms with Gasteiger partial charge in [0.25, 0.3) is 5.91 Å². The van der Waals surface area contributed by atoms with Crippen LogP contribution in [0.2, 0.25) is 0 Å². The first-order chi connectivity index (χ1) is 15.4. The summed E-state index contributed by atoms with van der Waals surface area (Å²) in [7, 11) is 3.12. The van der Waals surface area contributed by atoms with Gasteiger partial charge in [0.2, 0.25) is 0 Å². The fraction of sp³-hybridized carbons (Fsp3) is 0.364. The lowest BCUT2D eigenvalue weighted by molar-refractivity contribution is -0.386. The van der Waals surface area contributed by atoms with Crippen LogP contribution in [-0.2, 0) is 6.54 Å². The van der Waals surface area contributed by atoms with E-state index >= 15 is 0 Å². The molecule has 1 saturated heterocycles. The van der Waals surface area contributed by atoms with Gasteiger partial charge in [-0.2, -0.15) is 0 Å². The molecule has 0 saturated carbocycles. The topological polar surface area (TPSA) is 120 Å². The fourth-order valence-electron chi connectivity index (χ4n) is 4.98. The first-order valence-corrected chi connectivity index (χ1v) is 10.3. The molecule has 3 aromatic rings. The van der Waals surface area contributed by atoms with E-state index < -0.39 is 16.2 Å². The number of nitro groups is 1. The van der Waals surface area contributed by atoms with Crippen molar-refractivity contribution in [2.24, 2.45) is 5.92 Å². The fourth-order valence-corrected chi connectivity index (χ4v) is 4.98. The number of likely N-dealkylation sites (tertiary alicyclic amines) is 1. The zero-order valence-corrected chi connectivity index (χ0v) is 17.7. The van der Waals surface area contributed by atoms with E-state index in [2.05, 4.69) is 4.98 Å². The number of hydrogen-bond acceptors (Lipinski definition) is 6. The number of aromatic amines is 1. The zero-order valence-electron chi connectivity index (χ0n) is 17.7. The summed E-state index contributed by atoms with van der Waals surface area (Å²) in [5.74, 6) is 1.07. The van der Waals surface area contributed by atoms with Crippen molar-refractivity contribution in [1.29, 1.82) is 0 Å². The molecular weight excluding hydrogens is 416 g/mol. The third-order valence-corrected chi connectivity index (χ3v) is 6.42. The second-order valence-corrected chi connectivity index (χ2v) is 8.30. The average Bonchev–Trinajstić information content (AvgIpc) is 3.20. The van der Waals surface area contributed by atoms with Gasteiger partial charge < -0.3 is 23.9 Å². The van der Waals surface area contributed by atoms with E-state index in [9.17, 15) is 19.7 Å². The highest BCUT2D eigenvalue weighted by molar-refractivity contribution is 5.98. The molecule has 4 heterocycles. The van der Waals surface area contributed by atoms with Gasteiger partial charge in [-0.05, 0) is 30.5 Å². The summed E-state index contributed by atoms with van der Waals surface area (Å²) in [5.41, 5.74) is 1.01. The van der Waals surface area contributed by atoms with Crippen LogP contribution in [0, 0.1) is 16.0 Å². The van der Waals surface area contributed by atoms with Crippen molar-refractivity contribution in [2.45, 2.75) is 18.9 Å². The van der Waals surface area contributed by atoms with E-state index in [-0.39, 0.29) is 17.7 Å². The lowest BCUT2D eigenvalue weighted by Crippen LogP contribution is -2.49. The largest absolute Gasteiger partial charge is 0.493 e. The van der Waals surface area contributed by atoms with Gasteiger partial charge in [0.15, 0.2) is 11.5 Å². The normalized spacial score (nSPS) is 19.5. The number of benzene rings is 1. The molecule has 5 rings (SSSR count). The number of aromatic nitrogens is 2. The number of methoxy groups -OCH3 is 2. The monoisotopic (exact) mass is 438 g/mol. The van der Waals surface area contributed by atoms with Gasteiger partial charge >= 0.3 is 11.2 Å². The first kappa shape index (κ1) is 20.1. The zero-order chi connectivity index (χ0) is 22.6. The molecule has 0 unspecified atom stereocenters. The number of amides is 1. The minimum atomic E-state index is -0.643. The molecule has 1 N–H and O–H groups in total. The van der Waals surface area contributed by atoms with Crippen molar-refractivity contribution < 1.29 is 19.2 Å². The third-order valence-electron chi connectivity index (χ3n) is 6.42. The summed E-state index contributed by atoms with van der Waals surface area (Å²) in [6, 6.07) is 8.34. The summed E-state index contributed by atoms with van der Waals surface area (Å²) in [6.45, 7) is 1.32. The Hall–Kier alpha value is -3.82. The van der Waals surface area contributed by atoms with Gasteiger partial charge in [0.1, 0.15) is 5.69 Å². The predicted octanol–water partition coefficient (Wildman–Crippen LogP) is 2.51. The number of piperidine rings is 1. The molecule has 32 heavy (non-hydrogen) atoms. The van der Waals surface area contributed by atoms with Crippen LogP contribution >= 0.6 is 0 Å². The Bertz CT molecular complexity index is 1270. The average molecular weight is 438 g/mol. The maximum Gasteiger partial charge on any atom is 0.334 e. The molecule has 0 radical (unpaired) electrons. The summed E-state index contributed by atoms with van der Waals surface area (Å²) < 4.78 is 12.2. The highest BCUT2D eigenvalue weighted by Gasteiger charge is 2.38.